The zero-order valence-electron chi connectivity index (χ0n) is 8.66. The normalized spacial score (nSPS) is 11.5. The van der Waals surface area contributed by atoms with Crippen LogP contribution in [0, 0.1) is 6.92 Å². The van der Waals surface area contributed by atoms with Gasteiger partial charge in [-0.05, 0) is 19.4 Å². The van der Waals surface area contributed by atoms with Crippen LogP contribution in [0.25, 0.3) is 0 Å². The zero-order chi connectivity index (χ0) is 10.4. The van der Waals surface area contributed by atoms with Crippen molar-refractivity contribution in [2.24, 2.45) is 10.9 Å². The second-order valence-electron chi connectivity index (χ2n) is 3.29. The van der Waals surface area contributed by atoms with Crippen LogP contribution >= 0.6 is 0 Å². The molecule has 0 atom stereocenters. The van der Waals surface area contributed by atoms with E-state index in [9.17, 15) is 0 Å². The van der Waals surface area contributed by atoms with Crippen LogP contribution < -0.4 is 5.73 Å². The number of oxime groups is 1. The Balaban J connectivity index is 2.42. The third-order valence-electron chi connectivity index (χ3n) is 1.87. The van der Waals surface area contributed by atoms with Crippen LogP contribution in [0.1, 0.15) is 18.1 Å². The molecule has 1 aromatic carbocycles. The fourth-order valence-electron chi connectivity index (χ4n) is 0.939. The van der Waals surface area contributed by atoms with Crippen molar-refractivity contribution in [1.29, 1.82) is 0 Å². The molecule has 0 aromatic heterocycles. The van der Waals surface area contributed by atoms with Crippen molar-refractivity contribution in [2.45, 2.75) is 20.5 Å². The van der Waals surface area contributed by atoms with Gasteiger partial charge in [0.2, 0.25) is 0 Å². The van der Waals surface area contributed by atoms with Crippen LogP contribution in [0.4, 0.5) is 0 Å². The van der Waals surface area contributed by atoms with E-state index in [1.54, 1.807) is 0 Å². The maximum Gasteiger partial charge on any atom is 0.142 e. The van der Waals surface area contributed by atoms with E-state index in [4.69, 9.17) is 10.6 Å². The zero-order valence-corrected chi connectivity index (χ0v) is 8.66. The quantitative estimate of drug-likeness (QED) is 0.584. The van der Waals surface area contributed by atoms with E-state index < -0.39 is 0 Å². The third-order valence-corrected chi connectivity index (χ3v) is 1.87. The molecule has 1 rings (SSSR count). The SMILES string of the molecule is CC(CN)=NOCc1ccc(C)cc1. The summed E-state index contributed by atoms with van der Waals surface area (Å²) in [5.74, 6) is 0. The molecule has 3 heteroatoms. The average molecular weight is 192 g/mol. The smallest absolute Gasteiger partial charge is 0.142 e. The van der Waals surface area contributed by atoms with Gasteiger partial charge in [-0.3, -0.25) is 0 Å². The molecule has 0 heterocycles. The Bertz CT molecular complexity index is 304. The maximum atomic E-state index is 5.36. The Hall–Kier alpha value is -1.35. The topological polar surface area (TPSA) is 47.6 Å². The molecule has 14 heavy (non-hydrogen) atoms. The number of benzene rings is 1. The molecule has 2 N–H and O–H groups in total. The second-order valence-corrected chi connectivity index (χ2v) is 3.29. The van der Waals surface area contributed by atoms with E-state index >= 15 is 0 Å². The highest BCUT2D eigenvalue weighted by Gasteiger charge is 1.92. The van der Waals surface area contributed by atoms with E-state index in [0.717, 1.165) is 11.3 Å². The van der Waals surface area contributed by atoms with E-state index in [1.807, 2.05) is 19.1 Å². The Labute approximate surface area is 84.6 Å². The first-order chi connectivity index (χ1) is 6.72. The third kappa shape index (κ3) is 3.58. The first kappa shape index (κ1) is 10.7. The van der Waals surface area contributed by atoms with E-state index in [0.29, 0.717) is 13.2 Å². The monoisotopic (exact) mass is 192 g/mol. The fourth-order valence-corrected chi connectivity index (χ4v) is 0.939. The van der Waals surface area contributed by atoms with Crippen LogP contribution in [0.15, 0.2) is 29.4 Å². The second kappa shape index (κ2) is 5.40. The fraction of sp³-hybridized carbons (Fsp3) is 0.364. The van der Waals surface area contributed by atoms with Crippen molar-refractivity contribution in [2.75, 3.05) is 6.54 Å². The van der Waals surface area contributed by atoms with Crippen molar-refractivity contribution in [3.8, 4) is 0 Å². The van der Waals surface area contributed by atoms with Crippen LogP contribution in [-0.2, 0) is 11.4 Å². The van der Waals surface area contributed by atoms with Crippen LogP contribution in [0.3, 0.4) is 0 Å². The van der Waals surface area contributed by atoms with Gasteiger partial charge in [0.1, 0.15) is 6.61 Å². The number of hydrogen-bond donors (Lipinski definition) is 1. The molecule has 0 saturated heterocycles. The molecule has 0 spiro atoms. The van der Waals surface area contributed by atoms with Gasteiger partial charge in [-0.2, -0.15) is 0 Å². The summed E-state index contributed by atoms with van der Waals surface area (Å²) in [7, 11) is 0. The molecular weight excluding hydrogens is 176 g/mol. The Morgan fingerprint density at radius 3 is 2.57 bits per heavy atom. The minimum absolute atomic E-state index is 0.438. The predicted molar refractivity (Wildman–Crippen MR) is 58.1 cm³/mol. The summed E-state index contributed by atoms with van der Waals surface area (Å²) in [5.41, 5.74) is 8.52. The van der Waals surface area contributed by atoms with Crippen LogP contribution in [0.5, 0.6) is 0 Å². The molecule has 0 aliphatic carbocycles. The Morgan fingerprint density at radius 1 is 1.36 bits per heavy atom. The number of hydrogen-bond acceptors (Lipinski definition) is 3. The predicted octanol–water partition coefficient (Wildman–Crippen LogP) is 1.85. The lowest BCUT2D eigenvalue weighted by atomic mass is 10.2. The largest absolute Gasteiger partial charge is 0.391 e. The van der Waals surface area contributed by atoms with Crippen molar-refractivity contribution < 1.29 is 4.84 Å². The minimum Gasteiger partial charge on any atom is -0.391 e. The molecule has 0 radical (unpaired) electrons. The van der Waals surface area contributed by atoms with E-state index in [1.165, 1.54) is 5.56 Å². The minimum atomic E-state index is 0.438. The summed E-state index contributed by atoms with van der Waals surface area (Å²) in [5, 5.41) is 3.85. The summed E-state index contributed by atoms with van der Waals surface area (Å²) in [6.07, 6.45) is 0. The highest BCUT2D eigenvalue weighted by Crippen LogP contribution is 2.04. The molecule has 0 bridgehead atoms. The van der Waals surface area contributed by atoms with Gasteiger partial charge >= 0.3 is 0 Å². The van der Waals surface area contributed by atoms with Gasteiger partial charge in [0, 0.05) is 6.54 Å². The standard InChI is InChI=1S/C11H16N2O/c1-9-3-5-11(6-4-9)8-14-13-10(2)7-12/h3-6H,7-8,12H2,1-2H3. The van der Waals surface area contributed by atoms with Gasteiger partial charge in [-0.15, -0.1) is 0 Å². The summed E-state index contributed by atoms with van der Waals surface area (Å²) >= 11 is 0. The van der Waals surface area contributed by atoms with Crippen LogP contribution in [0.2, 0.25) is 0 Å². The number of nitrogens with two attached hydrogens (primary N) is 1. The summed E-state index contributed by atoms with van der Waals surface area (Å²) in [6.45, 7) is 4.84. The van der Waals surface area contributed by atoms with Gasteiger partial charge in [-0.1, -0.05) is 35.0 Å². The van der Waals surface area contributed by atoms with Crippen molar-refractivity contribution in [3.63, 3.8) is 0 Å². The average Bonchev–Trinajstić information content (AvgIpc) is 2.21. The molecule has 0 amide bonds. The first-order valence-corrected chi connectivity index (χ1v) is 4.63. The molecule has 0 fully saturated rings. The highest BCUT2D eigenvalue weighted by atomic mass is 16.6. The molecule has 1 aromatic rings. The van der Waals surface area contributed by atoms with Crippen LogP contribution in [-0.4, -0.2) is 12.3 Å². The number of nitrogens with zero attached hydrogens (tertiary/aromatic N) is 1. The van der Waals surface area contributed by atoms with Gasteiger partial charge in [0.25, 0.3) is 0 Å². The molecule has 0 saturated carbocycles. The van der Waals surface area contributed by atoms with Crippen molar-refractivity contribution in [1.82, 2.24) is 0 Å². The lowest BCUT2D eigenvalue weighted by Gasteiger charge is -2.01. The van der Waals surface area contributed by atoms with E-state index in [2.05, 4.69) is 24.2 Å². The van der Waals surface area contributed by atoms with E-state index in [-0.39, 0.29) is 0 Å². The summed E-state index contributed by atoms with van der Waals surface area (Å²) in [6, 6.07) is 8.17. The first-order valence-electron chi connectivity index (χ1n) is 4.63. The molecule has 0 unspecified atom stereocenters. The highest BCUT2D eigenvalue weighted by molar-refractivity contribution is 5.83. The molecule has 0 aliphatic rings. The Kier molecular flexibility index (Phi) is 4.13. The molecule has 76 valence electrons. The lowest BCUT2D eigenvalue weighted by Crippen LogP contribution is -2.09. The molecular formula is C11H16N2O. The van der Waals surface area contributed by atoms with Gasteiger partial charge in [-0.25, -0.2) is 0 Å². The number of rotatable bonds is 4. The number of aryl methyl sites for hydroxylation is 1. The molecule has 0 aliphatic heterocycles. The summed E-state index contributed by atoms with van der Waals surface area (Å²) in [4.78, 5) is 5.12. The maximum absolute atomic E-state index is 5.36. The van der Waals surface area contributed by atoms with Gasteiger partial charge in [0.05, 0.1) is 5.71 Å². The van der Waals surface area contributed by atoms with Gasteiger partial charge in [0.15, 0.2) is 0 Å². The van der Waals surface area contributed by atoms with Crippen molar-refractivity contribution >= 4 is 5.71 Å². The summed E-state index contributed by atoms with van der Waals surface area (Å²) < 4.78 is 0. The molecule has 3 nitrogen and oxygen atoms in total. The van der Waals surface area contributed by atoms with Gasteiger partial charge < -0.3 is 10.6 Å². The Morgan fingerprint density at radius 2 is 2.00 bits per heavy atom. The lowest BCUT2D eigenvalue weighted by molar-refractivity contribution is 0.130. The van der Waals surface area contributed by atoms with Crippen molar-refractivity contribution in [3.05, 3.63) is 35.4 Å².